The molecule has 10 nitrogen and oxygen atoms in total. The summed E-state index contributed by atoms with van der Waals surface area (Å²) in [5.41, 5.74) is 3.19. The number of piperidine rings is 3. The van der Waals surface area contributed by atoms with Crippen molar-refractivity contribution in [3.8, 4) is 6.07 Å². The molecule has 5 aliphatic rings. The number of carbonyl (C=O) groups is 3. The maximum absolute atomic E-state index is 15.4. The normalized spacial score (nSPS) is 21.7. The van der Waals surface area contributed by atoms with Crippen molar-refractivity contribution in [3.63, 3.8) is 0 Å². The van der Waals surface area contributed by atoms with Gasteiger partial charge >= 0.3 is 6.18 Å². The number of piperazine rings is 1. The van der Waals surface area contributed by atoms with Crippen LogP contribution in [0.25, 0.3) is 0 Å². The minimum Gasteiger partial charge on any atom is -0.372 e. The molecule has 8 rings (SSSR count). The lowest BCUT2D eigenvalue weighted by atomic mass is 9.88. The van der Waals surface area contributed by atoms with E-state index in [-0.39, 0.29) is 42.3 Å². The van der Waals surface area contributed by atoms with Crippen LogP contribution in [0.1, 0.15) is 77.1 Å². The van der Waals surface area contributed by atoms with Crippen LogP contribution in [0.5, 0.6) is 0 Å². The van der Waals surface area contributed by atoms with E-state index in [4.69, 9.17) is 5.26 Å². The summed E-state index contributed by atoms with van der Waals surface area (Å²) in [7, 11) is 0. The summed E-state index contributed by atoms with van der Waals surface area (Å²) >= 11 is 0. The quantitative estimate of drug-likeness (QED) is 0.234. The Morgan fingerprint density at radius 2 is 1.43 bits per heavy atom. The van der Waals surface area contributed by atoms with Gasteiger partial charge in [0.05, 0.1) is 22.9 Å². The van der Waals surface area contributed by atoms with Gasteiger partial charge in [0.1, 0.15) is 11.9 Å². The van der Waals surface area contributed by atoms with Crippen LogP contribution in [0, 0.1) is 23.1 Å². The van der Waals surface area contributed by atoms with Crippen LogP contribution in [0.2, 0.25) is 0 Å². The number of alkyl halides is 3. The average molecular weight is 772 g/mol. The molecule has 0 aromatic heterocycles. The number of halogens is 4. The molecule has 1 atom stereocenters. The number of rotatable bonds is 7. The molecule has 0 bridgehead atoms. The second kappa shape index (κ2) is 15.4. The Bertz CT molecular complexity index is 2030. The van der Waals surface area contributed by atoms with Crippen molar-refractivity contribution in [1.82, 2.24) is 15.1 Å². The third-order valence-corrected chi connectivity index (χ3v) is 12.5. The molecule has 5 aliphatic heterocycles. The SMILES string of the molecule is N#Cc1ccc(N2CCC(c3ccc(N4CCC(CN5CCN(c6cc7c(cc6F)C(=O)N(C6CCC(=O)NC6=O)C7)CC5)CC4)cc3)CC2)cc1C(F)(F)F. The fourth-order valence-electron chi connectivity index (χ4n) is 9.22. The maximum Gasteiger partial charge on any atom is 0.417 e. The molecule has 4 saturated heterocycles. The van der Waals surface area contributed by atoms with E-state index < -0.39 is 29.5 Å². The van der Waals surface area contributed by atoms with Crippen molar-refractivity contribution >= 4 is 34.8 Å². The predicted octanol–water partition coefficient (Wildman–Crippen LogP) is 5.90. The van der Waals surface area contributed by atoms with Crippen LogP contribution in [0.4, 0.5) is 34.6 Å². The first-order valence-electron chi connectivity index (χ1n) is 19.6. The molecule has 4 fully saturated rings. The number of amides is 3. The number of fused-ring (bicyclic) bond motifs is 1. The van der Waals surface area contributed by atoms with E-state index in [0.717, 1.165) is 64.5 Å². The smallest absolute Gasteiger partial charge is 0.372 e. The van der Waals surface area contributed by atoms with Crippen LogP contribution in [0.15, 0.2) is 54.6 Å². The first-order valence-corrected chi connectivity index (χ1v) is 19.6. The number of benzene rings is 3. The van der Waals surface area contributed by atoms with Crippen LogP contribution in [-0.4, -0.2) is 92.5 Å². The molecule has 14 heteroatoms. The topological polar surface area (TPSA) is 103 Å². The molecule has 0 radical (unpaired) electrons. The minimum atomic E-state index is -4.57. The number of nitrogens with one attached hydrogen (secondary N) is 1. The molecule has 0 aliphatic carbocycles. The molecular weight excluding hydrogens is 727 g/mol. The highest BCUT2D eigenvalue weighted by Crippen LogP contribution is 2.38. The molecule has 0 spiro atoms. The lowest BCUT2D eigenvalue weighted by Gasteiger charge is -2.40. The van der Waals surface area contributed by atoms with Gasteiger partial charge in [-0.2, -0.15) is 18.4 Å². The van der Waals surface area contributed by atoms with Gasteiger partial charge in [-0.1, -0.05) is 12.1 Å². The fraction of sp³-hybridized carbons (Fsp3) is 0.476. The van der Waals surface area contributed by atoms with E-state index >= 15 is 4.39 Å². The number of carbonyl (C=O) groups excluding carboxylic acids is 3. The Morgan fingerprint density at radius 1 is 0.768 bits per heavy atom. The third-order valence-electron chi connectivity index (χ3n) is 12.5. The molecule has 5 heterocycles. The zero-order valence-corrected chi connectivity index (χ0v) is 31.2. The van der Waals surface area contributed by atoms with Crippen LogP contribution in [0.3, 0.4) is 0 Å². The highest BCUT2D eigenvalue weighted by Gasteiger charge is 2.40. The van der Waals surface area contributed by atoms with E-state index in [1.165, 1.54) is 28.3 Å². The highest BCUT2D eigenvalue weighted by molar-refractivity contribution is 6.05. The van der Waals surface area contributed by atoms with E-state index in [9.17, 15) is 27.6 Å². The van der Waals surface area contributed by atoms with E-state index in [1.54, 1.807) is 18.2 Å². The fourth-order valence-corrected chi connectivity index (χ4v) is 9.22. The Kier molecular flexibility index (Phi) is 10.4. The number of imide groups is 1. The van der Waals surface area contributed by atoms with Crippen molar-refractivity contribution < 1.29 is 31.9 Å². The Labute approximate surface area is 323 Å². The number of nitrogens with zero attached hydrogens (tertiary/aromatic N) is 6. The summed E-state index contributed by atoms with van der Waals surface area (Å²) in [6, 6.07) is 16.7. The summed E-state index contributed by atoms with van der Waals surface area (Å²) in [5, 5.41) is 11.4. The molecular formula is C42H45F4N7O3. The zero-order valence-electron chi connectivity index (χ0n) is 31.2. The van der Waals surface area contributed by atoms with Gasteiger partial charge in [0.25, 0.3) is 5.91 Å². The van der Waals surface area contributed by atoms with E-state index in [2.05, 4.69) is 39.4 Å². The first-order chi connectivity index (χ1) is 26.9. The third kappa shape index (κ3) is 7.65. The average Bonchev–Trinajstić information content (AvgIpc) is 3.51. The molecule has 1 N–H and O–H groups in total. The van der Waals surface area contributed by atoms with Crippen molar-refractivity contribution in [3.05, 3.63) is 88.2 Å². The van der Waals surface area contributed by atoms with Crippen LogP contribution < -0.4 is 20.0 Å². The second-order valence-electron chi connectivity index (χ2n) is 15.8. The van der Waals surface area contributed by atoms with Gasteiger partial charge in [-0.05, 0) is 97.5 Å². The van der Waals surface area contributed by atoms with Gasteiger partial charge in [0.2, 0.25) is 11.8 Å². The lowest BCUT2D eigenvalue weighted by molar-refractivity contribution is -0.138. The van der Waals surface area contributed by atoms with Crippen molar-refractivity contribution in [2.24, 2.45) is 5.92 Å². The standard InChI is InChI=1S/C42H45F4N7O3/c43-36-23-34-31(26-53(41(34)56)37-7-8-39(54)48-40(37)55)21-38(36)52-19-17-49(18-20-52)25-27-9-13-50(14-10-27)32-4-1-28(2-5-32)29-11-15-51(16-12-29)33-6-3-30(24-47)35(22-33)42(44,45)46/h1-6,21-23,27,29,37H,7-20,25-26H2,(H,48,54,55). The van der Waals surface area contributed by atoms with Crippen LogP contribution in [-0.2, 0) is 22.3 Å². The van der Waals surface area contributed by atoms with E-state index in [0.29, 0.717) is 55.0 Å². The Balaban J connectivity index is 0.785. The van der Waals surface area contributed by atoms with Gasteiger partial charge in [-0.25, -0.2) is 4.39 Å². The first kappa shape index (κ1) is 37.7. The van der Waals surface area contributed by atoms with Gasteiger partial charge in [-0.3, -0.25) is 24.6 Å². The van der Waals surface area contributed by atoms with Gasteiger partial charge in [0.15, 0.2) is 0 Å². The molecule has 1 unspecified atom stereocenters. The largest absolute Gasteiger partial charge is 0.417 e. The van der Waals surface area contributed by atoms with Crippen molar-refractivity contribution in [2.75, 3.05) is 73.6 Å². The molecule has 0 saturated carbocycles. The molecule has 56 heavy (non-hydrogen) atoms. The molecule has 294 valence electrons. The van der Waals surface area contributed by atoms with Gasteiger partial charge < -0.3 is 19.6 Å². The lowest BCUT2D eigenvalue weighted by Crippen LogP contribution is -2.52. The number of anilines is 3. The van der Waals surface area contributed by atoms with Gasteiger partial charge in [-0.15, -0.1) is 0 Å². The summed E-state index contributed by atoms with van der Waals surface area (Å²) in [5.74, 6) is -0.722. The number of hydrogen-bond acceptors (Lipinski definition) is 8. The number of hydrogen-bond donors (Lipinski definition) is 1. The van der Waals surface area contributed by atoms with Crippen molar-refractivity contribution in [1.29, 1.82) is 5.26 Å². The van der Waals surface area contributed by atoms with Crippen LogP contribution >= 0.6 is 0 Å². The zero-order chi connectivity index (χ0) is 39.1. The van der Waals surface area contributed by atoms with E-state index in [1.807, 2.05) is 9.80 Å². The maximum atomic E-state index is 15.4. The summed E-state index contributed by atoms with van der Waals surface area (Å²) in [6.07, 6.45) is -0.274. The highest BCUT2D eigenvalue weighted by atomic mass is 19.4. The summed E-state index contributed by atoms with van der Waals surface area (Å²) < 4.78 is 55.9. The Hall–Kier alpha value is -5.16. The van der Waals surface area contributed by atoms with Gasteiger partial charge in [0, 0.05) is 88.8 Å². The number of nitriles is 1. The Morgan fingerprint density at radius 3 is 2.09 bits per heavy atom. The molecule has 3 aromatic rings. The predicted molar refractivity (Wildman–Crippen MR) is 203 cm³/mol. The minimum absolute atomic E-state index is 0.171. The molecule has 3 aromatic carbocycles. The molecule has 3 amide bonds. The monoisotopic (exact) mass is 771 g/mol. The summed E-state index contributed by atoms with van der Waals surface area (Å²) in [6.45, 7) is 7.47. The second-order valence-corrected chi connectivity index (χ2v) is 15.8. The summed E-state index contributed by atoms with van der Waals surface area (Å²) in [4.78, 5) is 47.5. The van der Waals surface area contributed by atoms with Crippen molar-refractivity contribution in [2.45, 2.75) is 63.2 Å².